The lowest BCUT2D eigenvalue weighted by Gasteiger charge is -1.97. The van der Waals surface area contributed by atoms with Gasteiger partial charge in [0.1, 0.15) is 10.0 Å². The van der Waals surface area contributed by atoms with E-state index in [-0.39, 0.29) is 0 Å². The van der Waals surface area contributed by atoms with Crippen molar-refractivity contribution >= 4 is 26.4 Å². The second kappa shape index (κ2) is 10.3. The summed E-state index contributed by atoms with van der Waals surface area (Å²) in [6.07, 6.45) is 7.52. The third-order valence-electron chi connectivity index (χ3n) is 4.15. The van der Waals surface area contributed by atoms with Crippen LogP contribution in [0.15, 0.2) is 61.2 Å². The van der Waals surface area contributed by atoms with Crippen molar-refractivity contribution in [2.24, 2.45) is 0 Å². The van der Waals surface area contributed by atoms with E-state index in [2.05, 4.69) is 18.7 Å². The number of hydrogen-bond donors (Lipinski definition) is 1. The Morgan fingerprint density at radius 2 is 1.36 bits per heavy atom. The maximum absolute atomic E-state index is 10.4. The summed E-state index contributed by atoms with van der Waals surface area (Å²) in [4.78, 5) is 0. The average molecular weight is 374 g/mol. The van der Waals surface area contributed by atoms with Crippen molar-refractivity contribution in [3.8, 4) is 11.1 Å². The van der Waals surface area contributed by atoms with Gasteiger partial charge in [0.2, 0.25) is 0 Å². The summed E-state index contributed by atoms with van der Waals surface area (Å²) in [5, 5.41) is 8.01. The number of unbranched alkanes of at least 4 members (excludes halogenated alkanes) is 4. The largest absolute Gasteiger partial charge is 0.300 e. The van der Waals surface area contributed by atoms with Crippen molar-refractivity contribution in [2.75, 3.05) is 5.75 Å². The Morgan fingerprint density at radius 3 is 1.84 bits per heavy atom. The summed E-state index contributed by atoms with van der Waals surface area (Å²) in [5.41, 5.74) is 5.12. The highest BCUT2D eigenvalue weighted by Gasteiger charge is 2.21. The molecule has 2 aromatic rings. The molecule has 0 saturated heterocycles. The number of halogens is 1. The molecular weight excluding hydrogens is 350 g/mol. The van der Waals surface area contributed by atoms with Gasteiger partial charge >= 0.3 is 0 Å². The molecule has 0 bridgehead atoms. The fourth-order valence-electron chi connectivity index (χ4n) is 2.87. The minimum absolute atomic E-state index is 0.635. The Hall–Kier alpha value is -1.71. The first kappa shape index (κ1) is 19.6. The summed E-state index contributed by atoms with van der Waals surface area (Å²) in [7, 11) is 4.15. The zero-order valence-corrected chi connectivity index (χ0v) is 15.9. The summed E-state index contributed by atoms with van der Waals surface area (Å²) in [6.45, 7) is 3.64. The van der Waals surface area contributed by atoms with Gasteiger partial charge in [0.05, 0.1) is 5.71 Å². The molecule has 1 N–H and O–H groups in total. The predicted octanol–water partition coefficient (Wildman–Crippen LogP) is 6.11. The fraction of sp³-hybridized carbons (Fsp3) is 0.286. The Morgan fingerprint density at radius 1 is 0.880 bits per heavy atom. The van der Waals surface area contributed by atoms with Crippen molar-refractivity contribution in [1.29, 1.82) is 5.41 Å². The standard InChI is InChI=1S/C13H9N.C8H15ClOS/c14-13-11-7-3-1-5-9(11)10-6-2-4-8-12(10)13;1-2-3-4-5-6-7-8-11(9)10/h1-8,14H;2H,1,3-8H2. The van der Waals surface area contributed by atoms with Gasteiger partial charge in [0.25, 0.3) is 0 Å². The summed E-state index contributed by atoms with van der Waals surface area (Å²) in [6, 6.07) is 16.2. The Bertz CT molecular complexity index is 710. The predicted molar refractivity (Wildman–Crippen MR) is 110 cm³/mol. The minimum Gasteiger partial charge on any atom is -0.300 e. The van der Waals surface area contributed by atoms with E-state index in [4.69, 9.17) is 16.1 Å². The third-order valence-corrected chi connectivity index (χ3v) is 5.22. The molecule has 132 valence electrons. The van der Waals surface area contributed by atoms with Crippen molar-refractivity contribution in [2.45, 2.75) is 32.1 Å². The zero-order valence-electron chi connectivity index (χ0n) is 14.3. The third kappa shape index (κ3) is 5.65. The molecular formula is C21H24ClNOS. The lowest BCUT2D eigenvalue weighted by atomic mass is 10.1. The van der Waals surface area contributed by atoms with Gasteiger partial charge in [-0.1, -0.05) is 67.4 Å². The van der Waals surface area contributed by atoms with Gasteiger partial charge in [-0.2, -0.15) is 0 Å². The van der Waals surface area contributed by atoms with Crippen LogP contribution in [0.25, 0.3) is 11.1 Å². The average Bonchev–Trinajstić information content (AvgIpc) is 2.92. The van der Waals surface area contributed by atoms with Crippen molar-refractivity contribution in [1.82, 2.24) is 0 Å². The minimum atomic E-state index is -1.12. The van der Waals surface area contributed by atoms with E-state index in [9.17, 15) is 4.21 Å². The molecule has 2 nitrogen and oxygen atoms in total. The zero-order chi connectivity index (χ0) is 18.1. The number of allylic oxidation sites excluding steroid dienone is 1. The maximum Gasteiger partial charge on any atom is 0.114 e. The number of rotatable bonds is 7. The van der Waals surface area contributed by atoms with Gasteiger partial charge in [-0.05, 0) is 41.1 Å². The molecule has 2 aromatic carbocycles. The van der Waals surface area contributed by atoms with E-state index in [0.717, 1.165) is 30.4 Å². The second-order valence-electron chi connectivity index (χ2n) is 5.95. The van der Waals surface area contributed by atoms with Crippen LogP contribution < -0.4 is 0 Å². The van der Waals surface area contributed by atoms with Crippen molar-refractivity contribution in [3.05, 3.63) is 72.3 Å². The summed E-state index contributed by atoms with van der Waals surface area (Å²) in [5.74, 6) is 0.635. The molecule has 1 atom stereocenters. The Kier molecular flexibility index (Phi) is 8.10. The molecule has 1 unspecified atom stereocenters. The van der Waals surface area contributed by atoms with E-state index in [1.807, 2.05) is 42.5 Å². The normalized spacial score (nSPS) is 12.6. The molecule has 0 heterocycles. The van der Waals surface area contributed by atoms with Crippen LogP contribution in [0.4, 0.5) is 0 Å². The van der Waals surface area contributed by atoms with Gasteiger partial charge < -0.3 is 0 Å². The van der Waals surface area contributed by atoms with Gasteiger partial charge in [-0.15, -0.1) is 6.58 Å². The molecule has 0 saturated carbocycles. The SMILES string of the molecule is C=CCCCCCCS(=O)Cl.N=C1c2ccccc2-c2ccccc21. The lowest BCUT2D eigenvalue weighted by Crippen LogP contribution is -1.93. The van der Waals surface area contributed by atoms with Gasteiger partial charge in [0.15, 0.2) is 0 Å². The van der Waals surface area contributed by atoms with Crippen molar-refractivity contribution in [3.63, 3.8) is 0 Å². The van der Waals surface area contributed by atoms with Crippen LogP contribution in [-0.2, 0) is 10.0 Å². The maximum atomic E-state index is 10.4. The number of nitrogens with one attached hydrogen (secondary N) is 1. The van der Waals surface area contributed by atoms with E-state index >= 15 is 0 Å². The quantitative estimate of drug-likeness (QED) is 0.303. The highest BCUT2D eigenvalue weighted by atomic mass is 35.7. The van der Waals surface area contributed by atoms with Crippen molar-refractivity contribution < 1.29 is 4.21 Å². The molecule has 1 aliphatic rings. The van der Waals surface area contributed by atoms with E-state index < -0.39 is 10.0 Å². The molecule has 4 heteroatoms. The van der Waals surface area contributed by atoms with Crippen LogP contribution in [0.1, 0.15) is 43.2 Å². The van der Waals surface area contributed by atoms with Crippen LogP contribution in [0, 0.1) is 5.41 Å². The molecule has 0 amide bonds. The topological polar surface area (TPSA) is 40.9 Å². The van der Waals surface area contributed by atoms with Gasteiger partial charge in [-0.25, -0.2) is 4.21 Å². The van der Waals surface area contributed by atoms with Crippen LogP contribution in [0.2, 0.25) is 0 Å². The molecule has 1 aliphatic carbocycles. The highest BCUT2D eigenvalue weighted by Crippen LogP contribution is 2.35. The van der Waals surface area contributed by atoms with Crippen LogP contribution >= 0.6 is 10.7 Å². The Labute approximate surface area is 157 Å². The molecule has 0 aliphatic heterocycles. The molecule has 3 rings (SSSR count). The summed E-state index contributed by atoms with van der Waals surface area (Å²) < 4.78 is 10.4. The smallest absolute Gasteiger partial charge is 0.114 e. The first-order valence-corrected chi connectivity index (χ1v) is 10.7. The summed E-state index contributed by atoms with van der Waals surface area (Å²) >= 11 is 0. The van der Waals surface area contributed by atoms with Gasteiger partial charge in [-0.3, -0.25) is 5.41 Å². The molecule has 0 spiro atoms. The Balaban J connectivity index is 0.000000188. The molecule has 25 heavy (non-hydrogen) atoms. The number of benzene rings is 2. The first-order chi connectivity index (χ1) is 12.1. The van der Waals surface area contributed by atoms with Crippen LogP contribution in [0.3, 0.4) is 0 Å². The number of hydrogen-bond acceptors (Lipinski definition) is 2. The molecule has 0 fully saturated rings. The highest BCUT2D eigenvalue weighted by molar-refractivity contribution is 8.08. The van der Waals surface area contributed by atoms with Crippen LogP contribution in [0.5, 0.6) is 0 Å². The van der Waals surface area contributed by atoms with E-state index in [1.54, 1.807) is 0 Å². The number of fused-ring (bicyclic) bond motifs is 3. The van der Waals surface area contributed by atoms with Gasteiger partial charge in [0, 0.05) is 16.9 Å². The lowest BCUT2D eigenvalue weighted by molar-refractivity contribution is 0.663. The monoisotopic (exact) mass is 373 g/mol. The molecule has 0 aromatic heterocycles. The first-order valence-electron chi connectivity index (χ1n) is 8.58. The van der Waals surface area contributed by atoms with E-state index in [0.29, 0.717) is 11.5 Å². The van der Waals surface area contributed by atoms with Crippen LogP contribution in [-0.4, -0.2) is 15.7 Å². The second-order valence-corrected chi connectivity index (χ2v) is 7.97. The van der Waals surface area contributed by atoms with E-state index in [1.165, 1.54) is 24.0 Å². The fourth-order valence-corrected chi connectivity index (χ4v) is 3.63. The molecule has 0 radical (unpaired) electrons.